The maximum Gasteiger partial charge on any atom is 0.125 e. The van der Waals surface area contributed by atoms with Gasteiger partial charge in [-0.3, -0.25) is 0 Å². The molecule has 0 radical (unpaired) electrons. The Bertz CT molecular complexity index is 401. The lowest BCUT2D eigenvalue weighted by atomic mass is 9.82. The normalized spacial score (nSPS) is 37.1. The van der Waals surface area contributed by atoms with Crippen LogP contribution < -0.4 is 4.74 Å². The van der Waals surface area contributed by atoms with Crippen molar-refractivity contribution in [3.63, 3.8) is 0 Å². The number of aliphatic hydroxyl groups excluding tert-OH is 1. The molecule has 1 aromatic rings. The number of hydrogen-bond acceptors (Lipinski definition) is 2. The van der Waals surface area contributed by atoms with Gasteiger partial charge in [0.05, 0.1) is 6.10 Å². The van der Waals surface area contributed by atoms with Crippen molar-refractivity contribution < 1.29 is 9.84 Å². The van der Waals surface area contributed by atoms with Crippen molar-refractivity contribution in [1.29, 1.82) is 0 Å². The average Bonchev–Trinajstić information content (AvgIpc) is 2.60. The fourth-order valence-corrected chi connectivity index (χ4v) is 3.22. The molecule has 3 rings (SSSR count). The summed E-state index contributed by atoms with van der Waals surface area (Å²) in [6.45, 7) is 2.24. The van der Waals surface area contributed by atoms with E-state index in [1.807, 2.05) is 24.3 Å². The third-order valence-electron chi connectivity index (χ3n) is 4.27. The molecule has 2 unspecified atom stereocenters. The van der Waals surface area contributed by atoms with E-state index in [4.69, 9.17) is 4.74 Å². The van der Waals surface area contributed by atoms with E-state index in [2.05, 4.69) is 6.92 Å². The van der Waals surface area contributed by atoms with E-state index in [1.54, 1.807) is 0 Å². The van der Waals surface area contributed by atoms with E-state index in [0.717, 1.165) is 24.2 Å². The van der Waals surface area contributed by atoms with Crippen LogP contribution in [0.15, 0.2) is 24.3 Å². The van der Waals surface area contributed by atoms with Gasteiger partial charge in [0.25, 0.3) is 0 Å². The molecule has 1 spiro atoms. The first-order valence-corrected chi connectivity index (χ1v) is 6.17. The SMILES string of the molecule is CC1CCCC12C[C@@H](O)c1ccccc1O2. The van der Waals surface area contributed by atoms with E-state index in [9.17, 15) is 5.11 Å². The summed E-state index contributed by atoms with van der Waals surface area (Å²) in [5.41, 5.74) is 0.848. The summed E-state index contributed by atoms with van der Waals surface area (Å²) in [4.78, 5) is 0. The highest BCUT2D eigenvalue weighted by molar-refractivity contribution is 5.38. The van der Waals surface area contributed by atoms with Crippen LogP contribution in [0.4, 0.5) is 0 Å². The number of ether oxygens (including phenoxy) is 1. The molecule has 2 heteroatoms. The zero-order valence-corrected chi connectivity index (χ0v) is 9.65. The summed E-state index contributed by atoms with van der Waals surface area (Å²) in [5.74, 6) is 1.44. The van der Waals surface area contributed by atoms with Crippen LogP contribution >= 0.6 is 0 Å². The lowest BCUT2D eigenvalue weighted by Crippen LogP contribution is -2.43. The molecule has 1 fully saturated rings. The standard InChI is InChI=1S/C14H18O2/c1-10-5-4-8-14(10)9-12(15)11-6-2-3-7-13(11)16-14/h2-3,6-7,10,12,15H,4-5,8-9H2,1H3/t10?,12-,14?/m1/s1. The van der Waals surface area contributed by atoms with Crippen molar-refractivity contribution in [1.82, 2.24) is 0 Å². The minimum absolute atomic E-state index is 0.103. The Kier molecular flexibility index (Phi) is 2.21. The smallest absolute Gasteiger partial charge is 0.125 e. The van der Waals surface area contributed by atoms with Gasteiger partial charge >= 0.3 is 0 Å². The maximum atomic E-state index is 10.2. The molecular formula is C14H18O2. The van der Waals surface area contributed by atoms with Crippen LogP contribution in [-0.2, 0) is 0 Å². The molecule has 1 heterocycles. The lowest BCUT2D eigenvalue weighted by molar-refractivity contribution is -0.0355. The molecule has 0 aromatic heterocycles. The number of para-hydroxylation sites is 1. The average molecular weight is 218 g/mol. The molecule has 3 atom stereocenters. The highest BCUT2D eigenvalue weighted by atomic mass is 16.5. The van der Waals surface area contributed by atoms with Crippen LogP contribution in [-0.4, -0.2) is 10.7 Å². The fraction of sp³-hybridized carbons (Fsp3) is 0.571. The Morgan fingerprint density at radius 3 is 2.94 bits per heavy atom. The van der Waals surface area contributed by atoms with Crippen LogP contribution in [0.25, 0.3) is 0 Å². The molecule has 86 valence electrons. The zero-order valence-electron chi connectivity index (χ0n) is 9.65. The van der Waals surface area contributed by atoms with Gasteiger partial charge in [0, 0.05) is 12.0 Å². The Morgan fingerprint density at radius 1 is 1.38 bits per heavy atom. The highest BCUT2D eigenvalue weighted by Crippen LogP contribution is 2.49. The molecule has 2 nitrogen and oxygen atoms in total. The lowest BCUT2D eigenvalue weighted by Gasteiger charge is -2.41. The molecule has 1 aliphatic heterocycles. The molecular weight excluding hydrogens is 200 g/mol. The first kappa shape index (κ1) is 10.2. The molecule has 0 saturated heterocycles. The summed E-state index contributed by atoms with van der Waals surface area (Å²) < 4.78 is 6.20. The van der Waals surface area contributed by atoms with Gasteiger partial charge in [0.15, 0.2) is 0 Å². The van der Waals surface area contributed by atoms with Crippen molar-refractivity contribution in [3.8, 4) is 5.75 Å². The van der Waals surface area contributed by atoms with E-state index in [-0.39, 0.29) is 11.7 Å². The molecule has 0 bridgehead atoms. The first-order valence-electron chi connectivity index (χ1n) is 6.17. The van der Waals surface area contributed by atoms with E-state index in [0.29, 0.717) is 5.92 Å². The molecule has 1 aliphatic carbocycles. The monoisotopic (exact) mass is 218 g/mol. The number of benzene rings is 1. The van der Waals surface area contributed by atoms with Gasteiger partial charge in [-0.2, -0.15) is 0 Å². The topological polar surface area (TPSA) is 29.5 Å². The molecule has 16 heavy (non-hydrogen) atoms. The van der Waals surface area contributed by atoms with Crippen molar-refractivity contribution in [2.45, 2.75) is 44.3 Å². The summed E-state index contributed by atoms with van der Waals surface area (Å²) in [6.07, 6.45) is 3.92. The van der Waals surface area contributed by atoms with Crippen molar-refractivity contribution in [3.05, 3.63) is 29.8 Å². The van der Waals surface area contributed by atoms with Gasteiger partial charge in [-0.25, -0.2) is 0 Å². The van der Waals surface area contributed by atoms with Crippen LogP contribution in [0.3, 0.4) is 0 Å². The summed E-state index contributed by atoms with van der Waals surface area (Å²) in [6, 6.07) is 7.88. The minimum atomic E-state index is -0.356. The third-order valence-corrected chi connectivity index (χ3v) is 4.27. The molecule has 1 saturated carbocycles. The van der Waals surface area contributed by atoms with Gasteiger partial charge in [0.2, 0.25) is 0 Å². The second-order valence-electron chi connectivity index (χ2n) is 5.22. The Hall–Kier alpha value is -1.02. The molecule has 1 N–H and O–H groups in total. The number of hydrogen-bond donors (Lipinski definition) is 1. The van der Waals surface area contributed by atoms with Gasteiger partial charge in [-0.1, -0.05) is 25.1 Å². The summed E-state index contributed by atoms with van der Waals surface area (Å²) >= 11 is 0. The summed E-state index contributed by atoms with van der Waals surface area (Å²) in [5, 5.41) is 10.2. The summed E-state index contributed by atoms with van der Waals surface area (Å²) in [7, 11) is 0. The predicted octanol–water partition coefficient (Wildman–Crippen LogP) is 3.06. The second kappa shape index (κ2) is 3.49. The van der Waals surface area contributed by atoms with Crippen molar-refractivity contribution >= 4 is 0 Å². The Balaban J connectivity index is 2.00. The quantitative estimate of drug-likeness (QED) is 0.725. The fourth-order valence-electron chi connectivity index (χ4n) is 3.22. The van der Waals surface area contributed by atoms with Gasteiger partial charge < -0.3 is 9.84 Å². The Labute approximate surface area is 96.2 Å². The van der Waals surface area contributed by atoms with Gasteiger partial charge in [0.1, 0.15) is 11.4 Å². The van der Waals surface area contributed by atoms with Crippen LogP contribution in [0.2, 0.25) is 0 Å². The molecule has 0 amide bonds. The number of aliphatic hydroxyl groups is 1. The highest BCUT2D eigenvalue weighted by Gasteiger charge is 2.47. The largest absolute Gasteiger partial charge is 0.487 e. The molecule has 1 aromatic carbocycles. The van der Waals surface area contributed by atoms with Crippen LogP contribution in [0.1, 0.15) is 44.3 Å². The van der Waals surface area contributed by atoms with Crippen LogP contribution in [0, 0.1) is 5.92 Å². The van der Waals surface area contributed by atoms with Gasteiger partial charge in [-0.15, -0.1) is 0 Å². The third kappa shape index (κ3) is 1.36. The van der Waals surface area contributed by atoms with Crippen molar-refractivity contribution in [2.24, 2.45) is 5.92 Å². The first-order chi connectivity index (χ1) is 7.71. The number of rotatable bonds is 0. The minimum Gasteiger partial charge on any atom is -0.487 e. The van der Waals surface area contributed by atoms with Crippen molar-refractivity contribution in [2.75, 3.05) is 0 Å². The Morgan fingerprint density at radius 2 is 2.19 bits per heavy atom. The number of fused-ring (bicyclic) bond motifs is 1. The van der Waals surface area contributed by atoms with E-state index in [1.165, 1.54) is 12.8 Å². The van der Waals surface area contributed by atoms with Crippen LogP contribution in [0.5, 0.6) is 5.75 Å². The van der Waals surface area contributed by atoms with E-state index >= 15 is 0 Å². The van der Waals surface area contributed by atoms with E-state index < -0.39 is 0 Å². The zero-order chi connectivity index (χ0) is 11.2. The molecule has 2 aliphatic rings. The predicted molar refractivity (Wildman–Crippen MR) is 62.4 cm³/mol. The second-order valence-corrected chi connectivity index (χ2v) is 5.22. The maximum absolute atomic E-state index is 10.2. The van der Waals surface area contributed by atoms with Gasteiger partial charge in [-0.05, 0) is 31.2 Å².